The second kappa shape index (κ2) is 6.05. The second-order valence-electron chi connectivity index (χ2n) is 4.63. The first-order chi connectivity index (χ1) is 7.60. The number of ether oxygens (including phenoxy) is 1. The second-order valence-corrected chi connectivity index (χ2v) is 4.63. The Hall–Kier alpha value is -0.820. The van der Waals surface area contributed by atoms with Gasteiger partial charge < -0.3 is 4.74 Å². The molecule has 0 heterocycles. The first kappa shape index (κ1) is 13.2. The molecule has 0 aromatic heterocycles. The van der Waals surface area contributed by atoms with Crippen LogP contribution in [0.15, 0.2) is 34.9 Å². The molecule has 0 fully saturated rings. The van der Waals surface area contributed by atoms with Gasteiger partial charge in [-0.3, -0.25) is 0 Å². The van der Waals surface area contributed by atoms with Crippen molar-refractivity contribution in [2.24, 2.45) is 0 Å². The molecule has 1 aliphatic carbocycles. The van der Waals surface area contributed by atoms with E-state index in [2.05, 4.69) is 33.4 Å². The lowest BCUT2D eigenvalue weighted by atomic mass is 9.85. The fourth-order valence-corrected chi connectivity index (χ4v) is 2.30. The van der Waals surface area contributed by atoms with Gasteiger partial charge in [0.25, 0.3) is 0 Å². The van der Waals surface area contributed by atoms with Crippen molar-refractivity contribution in [3.63, 3.8) is 0 Å². The summed E-state index contributed by atoms with van der Waals surface area (Å²) in [6.45, 7) is 10.7. The summed E-state index contributed by atoms with van der Waals surface area (Å²) in [4.78, 5) is 0. The van der Waals surface area contributed by atoms with E-state index in [0.717, 1.165) is 12.8 Å². The van der Waals surface area contributed by atoms with Gasteiger partial charge in [-0.25, -0.2) is 0 Å². The minimum absolute atomic E-state index is 0.227. The summed E-state index contributed by atoms with van der Waals surface area (Å²) in [7, 11) is 1.77. The Bertz CT molecular complexity index is 320. The molecular formula is C15H24O. The van der Waals surface area contributed by atoms with Gasteiger partial charge in [-0.05, 0) is 49.8 Å². The van der Waals surface area contributed by atoms with Crippen LogP contribution in [-0.4, -0.2) is 13.2 Å². The predicted octanol–water partition coefficient (Wildman–Crippen LogP) is 4.41. The van der Waals surface area contributed by atoms with Crippen LogP contribution >= 0.6 is 0 Å². The average Bonchev–Trinajstić information content (AvgIpc) is 2.28. The highest BCUT2D eigenvalue weighted by molar-refractivity contribution is 5.46. The Kier molecular flexibility index (Phi) is 5.01. The molecule has 90 valence electrons. The highest BCUT2D eigenvalue weighted by Gasteiger charge is 2.16. The zero-order valence-corrected chi connectivity index (χ0v) is 11.1. The molecule has 0 bridgehead atoms. The fraction of sp³-hybridized carbons (Fsp3) is 0.600. The SMILES string of the molecule is C=C1C=C(C(C)OC)CC/C1=C(\C)CCC. The fourth-order valence-electron chi connectivity index (χ4n) is 2.30. The van der Waals surface area contributed by atoms with E-state index in [1.807, 2.05) is 0 Å². The Morgan fingerprint density at radius 3 is 2.69 bits per heavy atom. The van der Waals surface area contributed by atoms with E-state index in [4.69, 9.17) is 4.74 Å². The number of hydrogen-bond acceptors (Lipinski definition) is 1. The molecule has 1 rings (SSSR count). The lowest BCUT2D eigenvalue weighted by Gasteiger charge is -2.23. The number of rotatable bonds is 4. The van der Waals surface area contributed by atoms with Crippen LogP contribution in [0.1, 0.15) is 46.5 Å². The topological polar surface area (TPSA) is 9.23 Å². The van der Waals surface area contributed by atoms with Crippen LogP contribution in [0.4, 0.5) is 0 Å². The predicted molar refractivity (Wildman–Crippen MR) is 70.5 cm³/mol. The summed E-state index contributed by atoms with van der Waals surface area (Å²) >= 11 is 0. The van der Waals surface area contributed by atoms with Crippen LogP contribution in [-0.2, 0) is 4.74 Å². The van der Waals surface area contributed by atoms with E-state index in [9.17, 15) is 0 Å². The molecule has 1 unspecified atom stereocenters. The van der Waals surface area contributed by atoms with Crippen molar-refractivity contribution in [3.05, 3.63) is 34.9 Å². The van der Waals surface area contributed by atoms with E-state index in [-0.39, 0.29) is 6.10 Å². The lowest BCUT2D eigenvalue weighted by molar-refractivity contribution is 0.143. The molecule has 1 heteroatoms. The maximum atomic E-state index is 5.36. The normalized spacial score (nSPS) is 21.8. The van der Waals surface area contributed by atoms with Crippen LogP contribution in [0.25, 0.3) is 0 Å². The highest BCUT2D eigenvalue weighted by Crippen LogP contribution is 2.32. The van der Waals surface area contributed by atoms with Gasteiger partial charge in [-0.1, -0.05) is 31.6 Å². The zero-order valence-electron chi connectivity index (χ0n) is 11.1. The summed E-state index contributed by atoms with van der Waals surface area (Å²) in [5.74, 6) is 0. The molecule has 1 atom stereocenters. The average molecular weight is 220 g/mol. The van der Waals surface area contributed by atoms with Gasteiger partial charge in [0.05, 0.1) is 6.10 Å². The molecule has 0 saturated heterocycles. The van der Waals surface area contributed by atoms with Crippen molar-refractivity contribution in [1.82, 2.24) is 0 Å². The lowest BCUT2D eigenvalue weighted by Crippen LogP contribution is -2.13. The van der Waals surface area contributed by atoms with E-state index in [1.165, 1.54) is 35.1 Å². The Balaban J connectivity index is 2.83. The summed E-state index contributed by atoms with van der Waals surface area (Å²) in [6, 6.07) is 0. The van der Waals surface area contributed by atoms with Crippen LogP contribution < -0.4 is 0 Å². The number of methoxy groups -OCH3 is 1. The smallest absolute Gasteiger partial charge is 0.0756 e. The van der Waals surface area contributed by atoms with E-state index in [0.29, 0.717) is 0 Å². The first-order valence-corrected chi connectivity index (χ1v) is 6.21. The van der Waals surface area contributed by atoms with Crippen molar-refractivity contribution in [1.29, 1.82) is 0 Å². The third-order valence-electron chi connectivity index (χ3n) is 3.43. The van der Waals surface area contributed by atoms with E-state index < -0.39 is 0 Å². The summed E-state index contributed by atoms with van der Waals surface area (Å²) in [5, 5.41) is 0. The largest absolute Gasteiger partial charge is 0.377 e. The molecule has 0 amide bonds. The van der Waals surface area contributed by atoms with Crippen LogP contribution in [0.5, 0.6) is 0 Å². The molecule has 0 aromatic rings. The van der Waals surface area contributed by atoms with Gasteiger partial charge in [0.2, 0.25) is 0 Å². The highest BCUT2D eigenvalue weighted by atomic mass is 16.5. The van der Waals surface area contributed by atoms with Crippen molar-refractivity contribution >= 4 is 0 Å². The van der Waals surface area contributed by atoms with Gasteiger partial charge in [-0.15, -0.1) is 0 Å². The van der Waals surface area contributed by atoms with E-state index in [1.54, 1.807) is 7.11 Å². The molecule has 0 spiro atoms. The third-order valence-corrected chi connectivity index (χ3v) is 3.43. The minimum Gasteiger partial charge on any atom is -0.377 e. The molecule has 1 aliphatic rings. The first-order valence-electron chi connectivity index (χ1n) is 6.21. The molecular weight excluding hydrogens is 196 g/mol. The Morgan fingerprint density at radius 2 is 2.19 bits per heavy atom. The molecule has 0 aromatic carbocycles. The molecule has 0 saturated carbocycles. The number of hydrogen-bond donors (Lipinski definition) is 0. The monoisotopic (exact) mass is 220 g/mol. The van der Waals surface area contributed by atoms with Crippen molar-refractivity contribution < 1.29 is 4.74 Å². The molecule has 16 heavy (non-hydrogen) atoms. The molecule has 0 radical (unpaired) electrons. The maximum Gasteiger partial charge on any atom is 0.0756 e. The van der Waals surface area contributed by atoms with Gasteiger partial charge >= 0.3 is 0 Å². The van der Waals surface area contributed by atoms with Crippen molar-refractivity contribution in [2.75, 3.05) is 7.11 Å². The minimum atomic E-state index is 0.227. The molecule has 0 N–H and O–H groups in total. The van der Waals surface area contributed by atoms with Crippen molar-refractivity contribution in [3.8, 4) is 0 Å². The quantitative estimate of drug-likeness (QED) is 0.681. The Morgan fingerprint density at radius 1 is 1.50 bits per heavy atom. The van der Waals surface area contributed by atoms with Crippen LogP contribution in [0, 0.1) is 0 Å². The summed E-state index contributed by atoms with van der Waals surface area (Å²) < 4.78 is 5.36. The van der Waals surface area contributed by atoms with Gasteiger partial charge in [0.15, 0.2) is 0 Å². The van der Waals surface area contributed by atoms with Crippen LogP contribution in [0.3, 0.4) is 0 Å². The van der Waals surface area contributed by atoms with Gasteiger partial charge in [0, 0.05) is 7.11 Å². The maximum absolute atomic E-state index is 5.36. The zero-order chi connectivity index (χ0) is 12.1. The molecule has 0 aliphatic heterocycles. The Labute approximate surface area is 99.9 Å². The van der Waals surface area contributed by atoms with Gasteiger partial charge in [0.1, 0.15) is 0 Å². The number of allylic oxidation sites excluding steroid dienone is 4. The van der Waals surface area contributed by atoms with Crippen LogP contribution in [0.2, 0.25) is 0 Å². The standard InChI is InChI=1S/C15H24O/c1-6-7-11(2)15-9-8-14(10-12(15)3)13(4)16-5/h10,13H,3,6-9H2,1-2,4-5H3/b15-11-. The van der Waals surface area contributed by atoms with Gasteiger partial charge in [-0.2, -0.15) is 0 Å². The summed E-state index contributed by atoms with van der Waals surface area (Å²) in [6.07, 6.45) is 7.09. The molecule has 1 nitrogen and oxygen atoms in total. The van der Waals surface area contributed by atoms with E-state index >= 15 is 0 Å². The van der Waals surface area contributed by atoms with Crippen molar-refractivity contribution in [2.45, 2.75) is 52.6 Å². The third kappa shape index (κ3) is 3.08. The summed E-state index contributed by atoms with van der Waals surface area (Å²) in [5.41, 5.74) is 5.54.